The van der Waals surface area contributed by atoms with E-state index in [2.05, 4.69) is 39.3 Å². The highest BCUT2D eigenvalue weighted by atomic mass is 79.9. The van der Waals surface area contributed by atoms with E-state index in [-0.39, 0.29) is 11.7 Å². The fourth-order valence-corrected chi connectivity index (χ4v) is 3.44. The third-order valence-electron chi connectivity index (χ3n) is 3.17. The van der Waals surface area contributed by atoms with Crippen molar-refractivity contribution in [3.63, 3.8) is 0 Å². The van der Waals surface area contributed by atoms with Crippen LogP contribution in [0.3, 0.4) is 0 Å². The molecule has 2 nitrogen and oxygen atoms in total. The van der Waals surface area contributed by atoms with Crippen LogP contribution in [0.5, 0.6) is 0 Å². The molecule has 20 heavy (non-hydrogen) atoms. The Kier molecular flexibility index (Phi) is 5.52. The van der Waals surface area contributed by atoms with E-state index in [1.54, 1.807) is 11.3 Å². The molecule has 0 amide bonds. The van der Waals surface area contributed by atoms with E-state index in [9.17, 15) is 4.79 Å². The average Bonchev–Trinajstić information content (AvgIpc) is 2.84. The Morgan fingerprint density at radius 1 is 1.35 bits per heavy atom. The van der Waals surface area contributed by atoms with Crippen LogP contribution in [0, 0.1) is 5.92 Å². The van der Waals surface area contributed by atoms with Crippen molar-refractivity contribution in [3.05, 3.63) is 56.7 Å². The summed E-state index contributed by atoms with van der Waals surface area (Å²) in [4.78, 5) is 14.5. The lowest BCUT2D eigenvalue weighted by Crippen LogP contribution is -2.28. The van der Waals surface area contributed by atoms with Gasteiger partial charge >= 0.3 is 0 Å². The molecule has 0 saturated carbocycles. The highest BCUT2D eigenvalue weighted by Gasteiger charge is 2.17. The number of benzene rings is 1. The molecule has 2 aromatic rings. The number of hydrogen-bond donors (Lipinski definition) is 0. The zero-order chi connectivity index (χ0) is 14.5. The fourth-order valence-electron chi connectivity index (χ4n) is 2.24. The van der Waals surface area contributed by atoms with Crippen LogP contribution in [-0.4, -0.2) is 24.3 Å². The van der Waals surface area contributed by atoms with Crippen LogP contribution in [0.25, 0.3) is 0 Å². The molecule has 1 aromatic heterocycles. The molecule has 1 heterocycles. The van der Waals surface area contributed by atoms with Gasteiger partial charge in [0.2, 0.25) is 0 Å². The summed E-state index contributed by atoms with van der Waals surface area (Å²) in [5.74, 6) is 0.216. The second kappa shape index (κ2) is 7.16. The van der Waals surface area contributed by atoms with Gasteiger partial charge < -0.3 is 4.90 Å². The summed E-state index contributed by atoms with van der Waals surface area (Å²) in [7, 11) is 2.06. The number of thiophene rings is 1. The molecule has 0 saturated heterocycles. The lowest BCUT2D eigenvalue weighted by Gasteiger charge is -2.20. The number of halogens is 1. The SMILES string of the molecule is CC(CN(C)Cc1csc(Br)c1)C(=O)c1ccccc1. The smallest absolute Gasteiger partial charge is 0.166 e. The third-order valence-corrected chi connectivity index (χ3v) is 4.72. The summed E-state index contributed by atoms with van der Waals surface area (Å²) < 4.78 is 1.15. The molecule has 0 bridgehead atoms. The Morgan fingerprint density at radius 2 is 2.05 bits per heavy atom. The first kappa shape index (κ1) is 15.4. The van der Waals surface area contributed by atoms with Gasteiger partial charge in [0.1, 0.15) is 0 Å². The molecule has 1 aromatic carbocycles. The van der Waals surface area contributed by atoms with Gasteiger partial charge in [-0.2, -0.15) is 0 Å². The molecular weight excluding hydrogens is 334 g/mol. The molecule has 2 rings (SSSR count). The number of Topliss-reactive ketones (excluding diaryl/α,β-unsaturated/α-hetero) is 1. The Bertz CT molecular complexity index is 567. The molecule has 0 radical (unpaired) electrons. The monoisotopic (exact) mass is 351 g/mol. The molecule has 0 aliphatic carbocycles. The first-order valence-corrected chi connectivity index (χ1v) is 8.24. The van der Waals surface area contributed by atoms with Gasteiger partial charge in [-0.3, -0.25) is 4.79 Å². The molecule has 0 fully saturated rings. The highest BCUT2D eigenvalue weighted by molar-refractivity contribution is 9.11. The maximum Gasteiger partial charge on any atom is 0.166 e. The van der Waals surface area contributed by atoms with Crippen LogP contribution in [0.2, 0.25) is 0 Å². The molecule has 0 aliphatic heterocycles. The number of rotatable bonds is 6. The summed E-state index contributed by atoms with van der Waals surface area (Å²) in [6.07, 6.45) is 0. The van der Waals surface area contributed by atoms with Gasteiger partial charge in [0.05, 0.1) is 3.79 Å². The van der Waals surface area contributed by atoms with E-state index in [0.717, 1.165) is 22.4 Å². The maximum atomic E-state index is 12.3. The first-order chi connectivity index (χ1) is 9.56. The number of ketones is 1. The summed E-state index contributed by atoms with van der Waals surface area (Å²) in [5, 5.41) is 2.14. The van der Waals surface area contributed by atoms with Gasteiger partial charge in [-0.15, -0.1) is 11.3 Å². The molecular formula is C16H18BrNOS. The fraction of sp³-hybridized carbons (Fsp3) is 0.312. The topological polar surface area (TPSA) is 20.3 Å². The van der Waals surface area contributed by atoms with Gasteiger partial charge in [0.25, 0.3) is 0 Å². The number of nitrogens with zero attached hydrogens (tertiary/aromatic N) is 1. The van der Waals surface area contributed by atoms with Crippen molar-refractivity contribution in [1.82, 2.24) is 4.90 Å². The minimum absolute atomic E-state index is 0.00414. The van der Waals surface area contributed by atoms with Crippen molar-refractivity contribution >= 4 is 33.0 Å². The predicted molar refractivity (Wildman–Crippen MR) is 88.3 cm³/mol. The molecule has 1 unspecified atom stereocenters. The van der Waals surface area contributed by atoms with Crippen molar-refractivity contribution in [2.75, 3.05) is 13.6 Å². The van der Waals surface area contributed by atoms with E-state index >= 15 is 0 Å². The Hall–Kier alpha value is -0.970. The van der Waals surface area contributed by atoms with Gasteiger partial charge in [-0.1, -0.05) is 37.3 Å². The molecule has 1 atom stereocenters. The van der Waals surface area contributed by atoms with Crippen LogP contribution in [0.15, 0.2) is 45.6 Å². The van der Waals surface area contributed by atoms with Crippen LogP contribution in [0.4, 0.5) is 0 Å². The highest BCUT2D eigenvalue weighted by Crippen LogP contribution is 2.21. The van der Waals surface area contributed by atoms with Crippen molar-refractivity contribution in [1.29, 1.82) is 0 Å². The van der Waals surface area contributed by atoms with E-state index < -0.39 is 0 Å². The van der Waals surface area contributed by atoms with Gasteiger partial charge in [0.15, 0.2) is 5.78 Å². The Morgan fingerprint density at radius 3 is 2.65 bits per heavy atom. The van der Waals surface area contributed by atoms with Crippen LogP contribution >= 0.6 is 27.3 Å². The van der Waals surface area contributed by atoms with E-state index in [4.69, 9.17) is 0 Å². The van der Waals surface area contributed by atoms with Crippen molar-refractivity contribution in [3.8, 4) is 0 Å². The Balaban J connectivity index is 1.90. The maximum absolute atomic E-state index is 12.3. The van der Waals surface area contributed by atoms with Crippen LogP contribution in [-0.2, 0) is 6.54 Å². The van der Waals surface area contributed by atoms with Gasteiger partial charge in [-0.25, -0.2) is 0 Å². The van der Waals surface area contributed by atoms with E-state index in [1.807, 2.05) is 37.3 Å². The second-order valence-electron chi connectivity index (χ2n) is 5.09. The number of hydrogen-bond acceptors (Lipinski definition) is 3. The summed E-state index contributed by atoms with van der Waals surface area (Å²) in [6, 6.07) is 11.6. The van der Waals surface area contributed by atoms with Crippen LogP contribution < -0.4 is 0 Å². The largest absolute Gasteiger partial charge is 0.301 e. The molecule has 0 aliphatic rings. The third kappa shape index (κ3) is 4.27. The number of carbonyl (C=O) groups is 1. The minimum Gasteiger partial charge on any atom is -0.301 e. The standard InChI is InChI=1S/C16H18BrNOS/c1-12(16(19)14-6-4-3-5-7-14)9-18(2)10-13-8-15(17)20-11-13/h3-8,11-12H,9-10H2,1-2H3. The van der Waals surface area contributed by atoms with E-state index in [1.165, 1.54) is 5.56 Å². The van der Waals surface area contributed by atoms with Crippen molar-refractivity contribution < 1.29 is 4.79 Å². The van der Waals surface area contributed by atoms with Crippen LogP contribution in [0.1, 0.15) is 22.8 Å². The van der Waals surface area contributed by atoms with Gasteiger partial charge in [0, 0.05) is 24.6 Å². The summed E-state index contributed by atoms with van der Waals surface area (Å²) in [6.45, 7) is 3.63. The normalized spacial score (nSPS) is 12.6. The lowest BCUT2D eigenvalue weighted by atomic mass is 9.99. The Labute approximate surface area is 132 Å². The predicted octanol–water partition coefficient (Wildman–Crippen LogP) is 4.46. The van der Waals surface area contributed by atoms with Gasteiger partial charge in [-0.05, 0) is 40.0 Å². The first-order valence-electron chi connectivity index (χ1n) is 6.57. The quantitative estimate of drug-likeness (QED) is 0.716. The second-order valence-corrected chi connectivity index (χ2v) is 7.38. The summed E-state index contributed by atoms with van der Waals surface area (Å²) >= 11 is 5.16. The minimum atomic E-state index is 0.00414. The average molecular weight is 352 g/mol. The molecule has 0 spiro atoms. The lowest BCUT2D eigenvalue weighted by molar-refractivity contribution is 0.0901. The zero-order valence-corrected chi connectivity index (χ0v) is 14.1. The number of carbonyl (C=O) groups excluding carboxylic acids is 1. The summed E-state index contributed by atoms with van der Waals surface area (Å²) in [5.41, 5.74) is 2.08. The molecule has 4 heteroatoms. The zero-order valence-electron chi connectivity index (χ0n) is 11.7. The molecule has 106 valence electrons. The van der Waals surface area contributed by atoms with Crippen molar-refractivity contribution in [2.24, 2.45) is 5.92 Å². The van der Waals surface area contributed by atoms with Crippen molar-refractivity contribution in [2.45, 2.75) is 13.5 Å². The van der Waals surface area contributed by atoms with E-state index in [0.29, 0.717) is 0 Å². The molecule has 0 N–H and O–H groups in total.